The molecule has 1 N–H and O–H groups in total. The van der Waals surface area contributed by atoms with Crippen molar-refractivity contribution in [3.8, 4) is 22.9 Å². The highest BCUT2D eigenvalue weighted by Gasteiger charge is 2.36. The molecule has 1 atom stereocenters. The van der Waals surface area contributed by atoms with E-state index < -0.39 is 5.60 Å². The third kappa shape index (κ3) is 5.08. The van der Waals surface area contributed by atoms with Crippen LogP contribution in [0.2, 0.25) is 0 Å². The average molecular weight is 512 g/mol. The van der Waals surface area contributed by atoms with Crippen molar-refractivity contribution < 1.29 is 9.90 Å². The van der Waals surface area contributed by atoms with Crippen molar-refractivity contribution >= 4 is 22.8 Å². The Hall–Kier alpha value is -4.29. The minimum absolute atomic E-state index is 0.110. The fourth-order valence-electron chi connectivity index (χ4n) is 4.76. The van der Waals surface area contributed by atoms with Gasteiger partial charge in [0, 0.05) is 55.5 Å². The highest BCUT2D eigenvalue weighted by atomic mass is 16.3. The predicted molar refractivity (Wildman–Crippen MR) is 148 cm³/mol. The number of piperazine rings is 1. The van der Waals surface area contributed by atoms with E-state index in [-0.39, 0.29) is 11.9 Å². The van der Waals surface area contributed by atoms with E-state index in [0.29, 0.717) is 25.2 Å². The zero-order chi connectivity index (χ0) is 27.4. The summed E-state index contributed by atoms with van der Waals surface area (Å²) >= 11 is 0. The molecule has 0 radical (unpaired) electrons. The van der Waals surface area contributed by atoms with Crippen LogP contribution in [0.5, 0.6) is 0 Å². The Morgan fingerprint density at radius 2 is 1.87 bits per heavy atom. The molecule has 196 valence electrons. The number of carbonyl (C=O) groups is 1. The minimum Gasteiger partial charge on any atom is -0.381 e. The second-order valence-corrected chi connectivity index (χ2v) is 9.56. The van der Waals surface area contributed by atoms with E-state index in [9.17, 15) is 15.2 Å². The maximum Gasteiger partial charge on any atom is 0.254 e. The molecule has 4 heterocycles. The molecule has 0 saturated carbocycles. The van der Waals surface area contributed by atoms with E-state index in [1.165, 1.54) is 13.8 Å². The molecule has 0 aliphatic carbocycles. The van der Waals surface area contributed by atoms with Crippen LogP contribution in [0.15, 0.2) is 61.3 Å². The van der Waals surface area contributed by atoms with Crippen molar-refractivity contribution in [2.45, 2.75) is 46.3 Å². The lowest BCUT2D eigenvalue weighted by Gasteiger charge is -2.42. The van der Waals surface area contributed by atoms with Gasteiger partial charge >= 0.3 is 0 Å². The summed E-state index contributed by atoms with van der Waals surface area (Å²) in [4.78, 5) is 30.1. The number of hydrogen-bond acceptors (Lipinski definition) is 7. The minimum atomic E-state index is -1.41. The van der Waals surface area contributed by atoms with Crippen LogP contribution >= 0.6 is 0 Å². The lowest BCUT2D eigenvalue weighted by atomic mass is 10.0. The number of nitriles is 1. The highest BCUT2D eigenvalue weighted by Crippen LogP contribution is 2.37. The highest BCUT2D eigenvalue weighted by molar-refractivity contribution is 6.02. The molecule has 1 aliphatic heterocycles. The molecule has 9 nitrogen and oxygen atoms in total. The molecular formula is C29H33N7O2. The molecular weight excluding hydrogens is 478 g/mol. The number of hydrogen-bond donors (Lipinski definition) is 1. The van der Waals surface area contributed by atoms with Gasteiger partial charge in [-0.05, 0) is 56.7 Å². The second-order valence-electron chi connectivity index (χ2n) is 9.56. The molecule has 9 heteroatoms. The summed E-state index contributed by atoms with van der Waals surface area (Å²) in [6, 6.07) is 13.4. The van der Waals surface area contributed by atoms with Crippen molar-refractivity contribution in [2.75, 3.05) is 24.5 Å². The molecule has 38 heavy (non-hydrogen) atoms. The number of aliphatic hydroxyl groups is 1. The Morgan fingerprint density at radius 1 is 1.13 bits per heavy atom. The largest absolute Gasteiger partial charge is 0.381 e. The summed E-state index contributed by atoms with van der Waals surface area (Å²) < 4.78 is 1.98. The molecule has 1 aromatic carbocycles. The van der Waals surface area contributed by atoms with Gasteiger partial charge in [0.2, 0.25) is 0 Å². The molecule has 3 aromatic heterocycles. The Balaban J connectivity index is 0.00000164. The van der Waals surface area contributed by atoms with Crippen molar-refractivity contribution in [3.05, 3.63) is 66.9 Å². The number of rotatable bonds is 4. The van der Waals surface area contributed by atoms with Gasteiger partial charge in [-0.2, -0.15) is 5.26 Å². The average Bonchev–Trinajstić information content (AvgIpc) is 3.34. The predicted octanol–water partition coefficient (Wildman–Crippen LogP) is 4.19. The lowest BCUT2D eigenvalue weighted by molar-refractivity contribution is -0.150. The third-order valence-electron chi connectivity index (χ3n) is 6.52. The van der Waals surface area contributed by atoms with Crippen LogP contribution in [-0.4, -0.2) is 66.7 Å². The maximum absolute atomic E-state index is 12.7. The fraction of sp³-hybridized carbons (Fsp3) is 0.345. The Bertz CT molecular complexity index is 1470. The van der Waals surface area contributed by atoms with Gasteiger partial charge in [0.15, 0.2) is 5.65 Å². The summed E-state index contributed by atoms with van der Waals surface area (Å²) in [5, 5.41) is 20.5. The van der Waals surface area contributed by atoms with Gasteiger partial charge in [0.25, 0.3) is 5.91 Å². The van der Waals surface area contributed by atoms with Crippen molar-refractivity contribution in [3.63, 3.8) is 0 Å². The molecule has 1 unspecified atom stereocenters. The summed E-state index contributed by atoms with van der Waals surface area (Å²) in [5.74, 6) is 0.507. The standard InChI is InChI=1S/C27H27N7O2.C2H6/c1-18-15-32(11-12-33(18)26(35)27(2,3)36)24-23-22(20-7-9-29-10-8-20)16-34(25(23)31-17-30-24)21-6-4-5-19(13-21)14-28;1-2/h4-10,13,16-18,36H,11-12,15H2,1-3H3;1-2H3. The molecule has 1 fully saturated rings. The van der Waals surface area contributed by atoms with Crippen LogP contribution in [0, 0.1) is 11.3 Å². The van der Waals surface area contributed by atoms with Crippen LogP contribution in [0.1, 0.15) is 40.2 Å². The van der Waals surface area contributed by atoms with Crippen molar-refractivity contribution in [1.29, 1.82) is 5.26 Å². The summed E-state index contributed by atoms with van der Waals surface area (Å²) in [6.07, 6.45) is 7.08. The number of benzene rings is 1. The van der Waals surface area contributed by atoms with Gasteiger partial charge in [-0.1, -0.05) is 19.9 Å². The molecule has 1 saturated heterocycles. The quantitative estimate of drug-likeness (QED) is 0.437. The van der Waals surface area contributed by atoms with Gasteiger partial charge in [-0.25, -0.2) is 9.97 Å². The first-order valence-electron chi connectivity index (χ1n) is 12.8. The van der Waals surface area contributed by atoms with E-state index in [0.717, 1.165) is 33.7 Å². The Labute approximate surface area is 223 Å². The van der Waals surface area contributed by atoms with Gasteiger partial charge < -0.3 is 19.5 Å². The third-order valence-corrected chi connectivity index (χ3v) is 6.52. The molecule has 1 amide bonds. The summed E-state index contributed by atoms with van der Waals surface area (Å²) in [7, 11) is 0. The number of amides is 1. The number of nitrogens with zero attached hydrogens (tertiary/aromatic N) is 7. The molecule has 5 rings (SSSR count). The zero-order valence-corrected chi connectivity index (χ0v) is 22.5. The molecule has 0 spiro atoms. The van der Waals surface area contributed by atoms with Crippen LogP contribution in [-0.2, 0) is 4.79 Å². The van der Waals surface area contributed by atoms with Gasteiger partial charge in [0.1, 0.15) is 17.7 Å². The number of carbonyl (C=O) groups excluding carboxylic acids is 1. The molecule has 1 aliphatic rings. The Morgan fingerprint density at radius 3 is 2.53 bits per heavy atom. The van der Waals surface area contributed by atoms with Crippen LogP contribution in [0.4, 0.5) is 5.82 Å². The smallest absolute Gasteiger partial charge is 0.254 e. The zero-order valence-electron chi connectivity index (χ0n) is 22.5. The molecule has 0 bridgehead atoms. The number of anilines is 1. The normalized spacial score (nSPS) is 15.6. The topological polar surface area (TPSA) is 111 Å². The first kappa shape index (κ1) is 26.8. The number of pyridine rings is 1. The number of aromatic nitrogens is 4. The van der Waals surface area contributed by atoms with Crippen LogP contribution in [0.3, 0.4) is 0 Å². The monoisotopic (exact) mass is 511 g/mol. The van der Waals surface area contributed by atoms with Crippen LogP contribution < -0.4 is 4.90 Å². The van der Waals surface area contributed by atoms with E-state index in [4.69, 9.17) is 4.98 Å². The van der Waals surface area contributed by atoms with E-state index in [1.807, 2.05) is 61.9 Å². The van der Waals surface area contributed by atoms with E-state index in [2.05, 4.69) is 20.9 Å². The SMILES string of the molecule is CC.CC1CN(c2ncnc3c2c(-c2ccncc2)cn3-c2cccc(C#N)c2)CCN1C(=O)C(C)(C)O. The second kappa shape index (κ2) is 11.0. The summed E-state index contributed by atoms with van der Waals surface area (Å²) in [6.45, 7) is 10.6. The summed E-state index contributed by atoms with van der Waals surface area (Å²) in [5.41, 5.74) is 2.64. The maximum atomic E-state index is 12.7. The van der Waals surface area contributed by atoms with Crippen molar-refractivity contribution in [2.24, 2.45) is 0 Å². The number of fused-ring (bicyclic) bond motifs is 1. The lowest BCUT2D eigenvalue weighted by Crippen LogP contribution is -2.58. The van der Waals surface area contributed by atoms with E-state index >= 15 is 0 Å². The van der Waals surface area contributed by atoms with Gasteiger partial charge in [-0.15, -0.1) is 0 Å². The fourth-order valence-corrected chi connectivity index (χ4v) is 4.76. The first-order valence-corrected chi connectivity index (χ1v) is 12.8. The van der Waals surface area contributed by atoms with Crippen molar-refractivity contribution in [1.82, 2.24) is 24.4 Å². The Kier molecular flexibility index (Phi) is 7.74. The van der Waals surface area contributed by atoms with Crippen LogP contribution in [0.25, 0.3) is 27.8 Å². The van der Waals surface area contributed by atoms with Gasteiger partial charge in [0.05, 0.1) is 17.0 Å². The van der Waals surface area contributed by atoms with E-state index in [1.54, 1.807) is 29.7 Å². The molecule has 4 aromatic rings. The van der Waals surface area contributed by atoms with Gasteiger partial charge in [-0.3, -0.25) is 9.78 Å². The first-order chi connectivity index (χ1) is 18.3.